The summed E-state index contributed by atoms with van der Waals surface area (Å²) in [4.78, 5) is 16.0. The number of carbonyl (C=O) groups is 1. The van der Waals surface area contributed by atoms with Crippen LogP contribution in [0.1, 0.15) is 21.5 Å². The Bertz CT molecular complexity index is 523. The normalized spacial score (nSPS) is 10.1. The van der Waals surface area contributed by atoms with Gasteiger partial charge in [0.15, 0.2) is 5.78 Å². The number of hydrogen-bond acceptors (Lipinski definition) is 2. The lowest BCUT2D eigenvalue weighted by Gasteiger charge is -2.03. The lowest BCUT2D eigenvalue weighted by atomic mass is 10.0. The quantitative estimate of drug-likeness (QED) is 0.743. The molecule has 0 aliphatic heterocycles. The Morgan fingerprint density at radius 1 is 1.31 bits per heavy atom. The molecule has 2 aromatic rings. The molecule has 16 heavy (non-hydrogen) atoms. The highest BCUT2D eigenvalue weighted by molar-refractivity contribution is 6.35. The molecule has 2 nitrogen and oxygen atoms in total. The van der Waals surface area contributed by atoms with E-state index in [4.69, 9.17) is 11.6 Å². The van der Waals surface area contributed by atoms with Gasteiger partial charge in [-0.1, -0.05) is 17.7 Å². The summed E-state index contributed by atoms with van der Waals surface area (Å²) in [6, 6.07) is 8.86. The fourth-order valence-corrected chi connectivity index (χ4v) is 1.78. The van der Waals surface area contributed by atoms with Gasteiger partial charge in [0.2, 0.25) is 0 Å². The van der Waals surface area contributed by atoms with E-state index in [-0.39, 0.29) is 5.78 Å². The molecule has 0 fully saturated rings. The van der Waals surface area contributed by atoms with Gasteiger partial charge in [-0.15, -0.1) is 0 Å². The Morgan fingerprint density at radius 2 is 2.12 bits per heavy atom. The van der Waals surface area contributed by atoms with Gasteiger partial charge >= 0.3 is 0 Å². The maximum atomic E-state index is 12.1. The van der Waals surface area contributed by atoms with Crippen molar-refractivity contribution in [2.75, 3.05) is 0 Å². The zero-order valence-corrected chi connectivity index (χ0v) is 9.53. The Morgan fingerprint density at radius 3 is 2.75 bits per heavy atom. The van der Waals surface area contributed by atoms with Crippen LogP contribution in [-0.4, -0.2) is 10.8 Å². The highest BCUT2D eigenvalue weighted by Crippen LogP contribution is 2.20. The lowest BCUT2D eigenvalue weighted by Crippen LogP contribution is -2.02. The van der Waals surface area contributed by atoms with E-state index in [9.17, 15) is 4.79 Å². The molecule has 3 heteroatoms. The van der Waals surface area contributed by atoms with Crippen LogP contribution in [0.15, 0.2) is 42.7 Å². The molecule has 0 bridgehead atoms. The van der Waals surface area contributed by atoms with Crippen LogP contribution < -0.4 is 0 Å². The van der Waals surface area contributed by atoms with Crippen molar-refractivity contribution in [2.45, 2.75) is 6.92 Å². The van der Waals surface area contributed by atoms with Crippen molar-refractivity contribution >= 4 is 17.4 Å². The van der Waals surface area contributed by atoms with Gasteiger partial charge in [-0.2, -0.15) is 0 Å². The van der Waals surface area contributed by atoms with Crippen LogP contribution in [0.3, 0.4) is 0 Å². The fraction of sp³-hybridized carbons (Fsp3) is 0.0769. The summed E-state index contributed by atoms with van der Waals surface area (Å²) < 4.78 is 0. The Labute approximate surface area is 98.9 Å². The number of rotatable bonds is 2. The van der Waals surface area contributed by atoms with E-state index in [1.54, 1.807) is 36.7 Å². The Balaban J connectivity index is 2.42. The molecule has 0 amide bonds. The van der Waals surface area contributed by atoms with Gasteiger partial charge < -0.3 is 0 Å². The van der Waals surface area contributed by atoms with Gasteiger partial charge in [-0.25, -0.2) is 0 Å². The number of hydrogen-bond donors (Lipinski definition) is 0. The summed E-state index contributed by atoms with van der Waals surface area (Å²) in [5.41, 5.74) is 2.10. The highest BCUT2D eigenvalue weighted by Gasteiger charge is 2.12. The third-order valence-electron chi connectivity index (χ3n) is 2.29. The lowest BCUT2D eigenvalue weighted by molar-refractivity contribution is 0.103. The molecule has 2 rings (SSSR count). The van der Waals surface area contributed by atoms with Crippen LogP contribution in [-0.2, 0) is 0 Å². The van der Waals surface area contributed by atoms with Gasteiger partial charge in [0.1, 0.15) is 0 Å². The van der Waals surface area contributed by atoms with Crippen LogP contribution in [0, 0.1) is 6.92 Å². The molecule has 1 aromatic carbocycles. The SMILES string of the molecule is Cc1ccc(C(=O)c2cccnc2)c(Cl)c1. The van der Waals surface area contributed by atoms with Crippen LogP contribution in [0.2, 0.25) is 5.02 Å². The predicted molar refractivity (Wildman–Crippen MR) is 63.9 cm³/mol. The van der Waals surface area contributed by atoms with Gasteiger partial charge in [0.25, 0.3) is 0 Å². The van der Waals surface area contributed by atoms with Crippen molar-refractivity contribution in [3.8, 4) is 0 Å². The zero-order valence-electron chi connectivity index (χ0n) is 8.77. The fourth-order valence-electron chi connectivity index (χ4n) is 1.46. The molecule has 0 unspecified atom stereocenters. The minimum absolute atomic E-state index is 0.0990. The summed E-state index contributed by atoms with van der Waals surface area (Å²) in [6.45, 7) is 1.93. The van der Waals surface area contributed by atoms with Crippen molar-refractivity contribution in [3.05, 3.63) is 64.4 Å². The van der Waals surface area contributed by atoms with Crippen LogP contribution in [0.5, 0.6) is 0 Å². The van der Waals surface area contributed by atoms with Crippen molar-refractivity contribution in [2.24, 2.45) is 0 Å². The van der Waals surface area contributed by atoms with Gasteiger partial charge in [-0.05, 0) is 36.8 Å². The zero-order chi connectivity index (χ0) is 11.5. The number of halogens is 1. The van der Waals surface area contributed by atoms with Gasteiger partial charge in [0.05, 0.1) is 5.02 Å². The molecule has 0 atom stereocenters. The molecule has 80 valence electrons. The number of ketones is 1. The third kappa shape index (κ3) is 2.12. The molecule has 0 saturated carbocycles. The second-order valence-electron chi connectivity index (χ2n) is 3.55. The largest absolute Gasteiger partial charge is 0.288 e. The number of benzene rings is 1. The second kappa shape index (κ2) is 4.45. The molecule has 0 saturated heterocycles. The first kappa shape index (κ1) is 10.8. The summed E-state index contributed by atoms with van der Waals surface area (Å²) in [5, 5.41) is 0.480. The van der Waals surface area contributed by atoms with Gasteiger partial charge in [0, 0.05) is 23.5 Å². The number of aromatic nitrogens is 1. The van der Waals surface area contributed by atoms with E-state index in [0.717, 1.165) is 5.56 Å². The molecule has 0 spiro atoms. The summed E-state index contributed by atoms with van der Waals surface area (Å²) in [6.07, 6.45) is 3.17. The number of carbonyl (C=O) groups excluding carboxylic acids is 1. The average Bonchev–Trinajstić information content (AvgIpc) is 2.29. The maximum absolute atomic E-state index is 12.1. The van der Waals surface area contributed by atoms with Gasteiger partial charge in [-0.3, -0.25) is 9.78 Å². The monoisotopic (exact) mass is 231 g/mol. The summed E-state index contributed by atoms with van der Waals surface area (Å²) >= 11 is 6.03. The minimum Gasteiger partial charge on any atom is -0.288 e. The molecular formula is C13H10ClNO. The first-order chi connectivity index (χ1) is 7.68. The Kier molecular flexibility index (Phi) is 3.02. The van der Waals surface area contributed by atoms with E-state index in [0.29, 0.717) is 16.1 Å². The van der Waals surface area contributed by atoms with Crippen LogP contribution in [0.25, 0.3) is 0 Å². The third-order valence-corrected chi connectivity index (χ3v) is 2.61. The van der Waals surface area contributed by atoms with Crippen LogP contribution in [0.4, 0.5) is 0 Å². The average molecular weight is 232 g/mol. The molecular weight excluding hydrogens is 222 g/mol. The molecule has 0 aliphatic rings. The van der Waals surface area contributed by atoms with Crippen molar-refractivity contribution in [1.29, 1.82) is 0 Å². The molecule has 0 radical (unpaired) electrons. The molecule has 1 aromatic heterocycles. The highest BCUT2D eigenvalue weighted by atomic mass is 35.5. The van der Waals surface area contributed by atoms with Crippen molar-refractivity contribution in [1.82, 2.24) is 4.98 Å². The van der Waals surface area contributed by atoms with Crippen molar-refractivity contribution < 1.29 is 4.79 Å². The predicted octanol–water partition coefficient (Wildman–Crippen LogP) is 3.27. The summed E-state index contributed by atoms with van der Waals surface area (Å²) in [7, 11) is 0. The van der Waals surface area contributed by atoms with E-state index in [2.05, 4.69) is 4.98 Å². The molecule has 1 heterocycles. The van der Waals surface area contributed by atoms with E-state index < -0.39 is 0 Å². The molecule has 0 aliphatic carbocycles. The number of pyridine rings is 1. The number of nitrogens with zero attached hydrogens (tertiary/aromatic N) is 1. The second-order valence-corrected chi connectivity index (χ2v) is 3.96. The van der Waals surface area contributed by atoms with Crippen LogP contribution >= 0.6 is 11.6 Å². The first-order valence-corrected chi connectivity index (χ1v) is 5.27. The Hall–Kier alpha value is -1.67. The topological polar surface area (TPSA) is 30.0 Å². The number of aryl methyl sites for hydroxylation is 1. The van der Waals surface area contributed by atoms with E-state index >= 15 is 0 Å². The first-order valence-electron chi connectivity index (χ1n) is 4.89. The smallest absolute Gasteiger partial charge is 0.196 e. The van der Waals surface area contributed by atoms with E-state index in [1.807, 2.05) is 13.0 Å². The standard InChI is InChI=1S/C13H10ClNO/c1-9-4-5-11(12(14)7-9)13(16)10-3-2-6-15-8-10/h2-8H,1H3. The van der Waals surface area contributed by atoms with Crippen molar-refractivity contribution in [3.63, 3.8) is 0 Å². The molecule has 0 N–H and O–H groups in total. The summed E-state index contributed by atoms with van der Waals surface area (Å²) in [5.74, 6) is -0.0990. The minimum atomic E-state index is -0.0990. The maximum Gasteiger partial charge on any atom is 0.196 e. The van der Waals surface area contributed by atoms with E-state index in [1.165, 1.54) is 0 Å².